The van der Waals surface area contributed by atoms with Gasteiger partial charge in [-0.1, -0.05) is 123 Å². The molecule has 0 aliphatic heterocycles. The number of azo groups is 1. The highest BCUT2D eigenvalue weighted by Crippen LogP contribution is 2.33. The zero-order valence-corrected chi connectivity index (χ0v) is 26.3. The number of benzene rings is 1. The lowest BCUT2D eigenvalue weighted by molar-refractivity contribution is 0.340. The fourth-order valence-electron chi connectivity index (χ4n) is 5.41. The average Bonchev–Trinajstić information content (AvgIpc) is 2.98. The first-order valence-electron chi connectivity index (χ1n) is 16.3. The first kappa shape index (κ1) is 34.3. The molecule has 1 unspecified atom stereocenters. The lowest BCUT2D eigenvalue weighted by Gasteiger charge is -2.19. The summed E-state index contributed by atoms with van der Waals surface area (Å²) in [7, 11) is 0. The van der Waals surface area contributed by atoms with Crippen molar-refractivity contribution >= 4 is 11.4 Å². The number of nitrogens with zero attached hydrogens (tertiary/aromatic N) is 4. The van der Waals surface area contributed by atoms with Crippen molar-refractivity contribution in [2.75, 3.05) is 0 Å². The predicted molar refractivity (Wildman–Crippen MR) is 171 cm³/mol. The van der Waals surface area contributed by atoms with E-state index in [1.807, 2.05) is 18.2 Å². The Hall–Kier alpha value is -2.94. The maximum atomic E-state index is 13.0. The topological polar surface area (TPSA) is 90.7 Å². The van der Waals surface area contributed by atoms with Crippen LogP contribution < -0.4 is 5.56 Å². The van der Waals surface area contributed by atoms with Crippen LogP contribution in [0.2, 0.25) is 0 Å². The third kappa shape index (κ3) is 11.8. The Labute approximate surface area is 248 Å². The summed E-state index contributed by atoms with van der Waals surface area (Å²) in [5.41, 5.74) is 2.06. The van der Waals surface area contributed by atoms with Crippen LogP contribution in [0.3, 0.4) is 0 Å². The molecule has 0 aliphatic carbocycles. The van der Waals surface area contributed by atoms with Gasteiger partial charge >= 0.3 is 0 Å². The molecule has 0 spiro atoms. The second-order valence-corrected chi connectivity index (χ2v) is 11.6. The maximum Gasteiger partial charge on any atom is 0.271 e. The van der Waals surface area contributed by atoms with E-state index < -0.39 is 5.56 Å². The highest BCUT2D eigenvalue weighted by Gasteiger charge is 2.21. The molecule has 0 radical (unpaired) electrons. The fraction of sp³-hybridized carbons (Fsp3) is 0.657. The molecule has 0 saturated carbocycles. The Morgan fingerprint density at radius 1 is 0.829 bits per heavy atom. The first-order valence-corrected chi connectivity index (χ1v) is 16.3. The minimum Gasteiger partial charge on any atom is -0.493 e. The summed E-state index contributed by atoms with van der Waals surface area (Å²) >= 11 is 0. The van der Waals surface area contributed by atoms with Gasteiger partial charge in [-0.25, -0.2) is 0 Å². The van der Waals surface area contributed by atoms with Crippen LogP contribution in [0, 0.1) is 24.2 Å². The molecular formula is C35H54N4O2. The molecule has 1 heterocycles. The number of unbranched alkanes of at least 4 members (excludes halogenated alkanes) is 12. The number of hydrogen-bond acceptors (Lipinski definition) is 5. The third-order valence-corrected chi connectivity index (χ3v) is 8.27. The number of aromatic nitrogens is 1. The van der Waals surface area contributed by atoms with Crippen LogP contribution in [0.1, 0.15) is 140 Å². The Balaban J connectivity index is 1.90. The van der Waals surface area contributed by atoms with E-state index in [9.17, 15) is 15.2 Å². The second kappa shape index (κ2) is 20.0. The standard InChI is InChI=1S/C35H54N4O2/c1-5-8-10-11-12-13-14-15-16-17-18-19-21-30-22-24-31(25-23-30)37-38-33-28(4)32(26-36)34(40)39(35(33)41)27-29(7-3)20-9-6-2/h22-25,29,41H,5-21,27H2,1-4H3/b38-37+. The summed E-state index contributed by atoms with van der Waals surface area (Å²) in [5.74, 6) is 0.0315. The number of rotatable bonds is 21. The van der Waals surface area contributed by atoms with Crippen molar-refractivity contribution in [3.63, 3.8) is 0 Å². The molecule has 1 N–H and O–H groups in total. The van der Waals surface area contributed by atoms with Crippen LogP contribution in [-0.4, -0.2) is 9.67 Å². The minimum absolute atomic E-state index is 0.0138. The first-order chi connectivity index (χ1) is 20.0. The van der Waals surface area contributed by atoms with E-state index in [1.54, 1.807) is 6.92 Å². The summed E-state index contributed by atoms with van der Waals surface area (Å²) in [4.78, 5) is 13.0. The van der Waals surface area contributed by atoms with Gasteiger partial charge in [0.15, 0.2) is 5.69 Å². The SMILES string of the molecule is CCCCCCCCCCCCCCc1ccc(/N=N/c2c(C)c(C#N)c(=O)n(CC(CC)CCCC)c2O)cc1. The lowest BCUT2D eigenvalue weighted by Crippen LogP contribution is -2.27. The quantitative estimate of drug-likeness (QED) is 0.121. The number of pyridine rings is 1. The molecule has 0 saturated heterocycles. The number of aryl methyl sites for hydroxylation is 1. The van der Waals surface area contributed by atoms with Gasteiger partial charge in [0.1, 0.15) is 11.6 Å². The van der Waals surface area contributed by atoms with Crippen LogP contribution in [0.15, 0.2) is 39.3 Å². The van der Waals surface area contributed by atoms with Gasteiger partial charge in [-0.3, -0.25) is 9.36 Å². The van der Waals surface area contributed by atoms with Crippen molar-refractivity contribution in [1.82, 2.24) is 4.57 Å². The smallest absolute Gasteiger partial charge is 0.271 e. The zero-order valence-electron chi connectivity index (χ0n) is 26.3. The van der Waals surface area contributed by atoms with Crippen LogP contribution in [-0.2, 0) is 13.0 Å². The lowest BCUT2D eigenvalue weighted by atomic mass is 9.99. The zero-order chi connectivity index (χ0) is 29.9. The maximum absolute atomic E-state index is 13.0. The van der Waals surface area contributed by atoms with Crippen molar-refractivity contribution in [3.05, 3.63) is 51.3 Å². The van der Waals surface area contributed by atoms with Gasteiger partial charge in [-0.2, -0.15) is 10.4 Å². The normalized spacial score (nSPS) is 12.2. The second-order valence-electron chi connectivity index (χ2n) is 11.6. The van der Waals surface area contributed by atoms with E-state index in [4.69, 9.17) is 0 Å². The Bertz CT molecular complexity index is 1140. The molecule has 41 heavy (non-hydrogen) atoms. The molecule has 0 amide bonds. The van der Waals surface area contributed by atoms with Gasteiger partial charge < -0.3 is 5.11 Å². The molecule has 6 nitrogen and oxygen atoms in total. The van der Waals surface area contributed by atoms with Crippen LogP contribution in [0.4, 0.5) is 11.4 Å². The van der Waals surface area contributed by atoms with Crippen molar-refractivity contribution < 1.29 is 5.11 Å². The van der Waals surface area contributed by atoms with E-state index >= 15 is 0 Å². The van der Waals surface area contributed by atoms with Crippen molar-refractivity contribution in [1.29, 1.82) is 5.26 Å². The van der Waals surface area contributed by atoms with Crippen LogP contribution in [0.25, 0.3) is 0 Å². The average molecular weight is 563 g/mol. The Morgan fingerprint density at radius 3 is 1.93 bits per heavy atom. The molecular weight excluding hydrogens is 508 g/mol. The number of aromatic hydroxyl groups is 1. The van der Waals surface area contributed by atoms with Crippen LogP contribution >= 0.6 is 0 Å². The van der Waals surface area contributed by atoms with Gasteiger partial charge in [0.05, 0.1) is 5.69 Å². The highest BCUT2D eigenvalue weighted by atomic mass is 16.3. The molecule has 6 heteroatoms. The summed E-state index contributed by atoms with van der Waals surface area (Å²) in [6.45, 7) is 8.51. The highest BCUT2D eigenvalue weighted by molar-refractivity contribution is 5.59. The van der Waals surface area contributed by atoms with Crippen molar-refractivity contribution in [2.45, 2.75) is 143 Å². The van der Waals surface area contributed by atoms with Gasteiger partial charge in [-0.15, -0.1) is 5.11 Å². The van der Waals surface area contributed by atoms with Gasteiger partial charge in [0.25, 0.3) is 5.56 Å². The number of nitriles is 1. The van der Waals surface area contributed by atoms with Crippen LogP contribution in [0.5, 0.6) is 5.88 Å². The Morgan fingerprint density at radius 2 is 1.39 bits per heavy atom. The van der Waals surface area contributed by atoms with E-state index in [0.29, 0.717) is 17.8 Å². The predicted octanol–water partition coefficient (Wildman–Crippen LogP) is 10.6. The third-order valence-electron chi connectivity index (χ3n) is 8.27. The molecule has 0 fully saturated rings. The molecule has 1 aromatic carbocycles. The van der Waals surface area contributed by atoms with E-state index in [0.717, 1.165) is 32.1 Å². The summed E-state index contributed by atoms with van der Waals surface area (Å²) in [5, 5.41) is 29.3. The van der Waals surface area contributed by atoms with Gasteiger partial charge in [0.2, 0.25) is 5.88 Å². The van der Waals surface area contributed by atoms with Gasteiger partial charge in [0, 0.05) is 12.1 Å². The van der Waals surface area contributed by atoms with E-state index in [-0.39, 0.29) is 23.0 Å². The monoisotopic (exact) mass is 562 g/mol. The van der Waals surface area contributed by atoms with Crippen molar-refractivity contribution in [2.24, 2.45) is 16.1 Å². The summed E-state index contributed by atoms with van der Waals surface area (Å²) < 4.78 is 1.31. The molecule has 0 aliphatic rings. The molecule has 1 atom stereocenters. The van der Waals surface area contributed by atoms with E-state index in [1.165, 1.54) is 87.2 Å². The molecule has 2 aromatic rings. The molecule has 2 rings (SSSR count). The molecule has 1 aromatic heterocycles. The largest absolute Gasteiger partial charge is 0.493 e. The Kier molecular flexibility index (Phi) is 16.7. The molecule has 0 bridgehead atoms. The van der Waals surface area contributed by atoms with Gasteiger partial charge in [-0.05, 0) is 49.8 Å². The summed E-state index contributed by atoms with van der Waals surface area (Å²) in [6, 6.07) is 10.1. The molecule has 226 valence electrons. The van der Waals surface area contributed by atoms with E-state index in [2.05, 4.69) is 43.1 Å². The number of hydrogen-bond donors (Lipinski definition) is 1. The minimum atomic E-state index is -0.460. The fourth-order valence-corrected chi connectivity index (χ4v) is 5.41. The van der Waals surface area contributed by atoms with Crippen molar-refractivity contribution in [3.8, 4) is 11.9 Å². The summed E-state index contributed by atoms with van der Waals surface area (Å²) in [6.07, 6.45) is 21.3.